The van der Waals surface area contributed by atoms with Crippen molar-refractivity contribution in [2.45, 2.75) is 46.4 Å². The summed E-state index contributed by atoms with van der Waals surface area (Å²) in [5.41, 5.74) is 1.98. The van der Waals surface area contributed by atoms with Crippen molar-refractivity contribution in [3.63, 3.8) is 0 Å². The molecule has 0 aliphatic heterocycles. The third-order valence-electron chi connectivity index (χ3n) is 1.76. The Morgan fingerprint density at radius 2 is 1.38 bits per heavy atom. The lowest BCUT2D eigenvalue weighted by Gasteiger charge is -2.00. The molecular weight excluding hydrogens is 244 g/mol. The molecule has 16 heavy (non-hydrogen) atoms. The van der Waals surface area contributed by atoms with Gasteiger partial charge in [-0.2, -0.15) is 0 Å². The van der Waals surface area contributed by atoms with Crippen LogP contribution >= 0.6 is 10.7 Å². The number of benzene rings is 1. The van der Waals surface area contributed by atoms with Crippen molar-refractivity contribution in [3.05, 3.63) is 29.3 Å². The zero-order chi connectivity index (χ0) is 13.4. The fraction of sp³-hybridized carbons (Fsp3) is 0.500. The Kier molecular flexibility index (Phi) is 9.58. The first kappa shape index (κ1) is 17.8. The van der Waals surface area contributed by atoms with E-state index in [4.69, 9.17) is 10.7 Å². The van der Waals surface area contributed by atoms with Crippen molar-refractivity contribution >= 4 is 19.7 Å². The Balaban J connectivity index is 0. The van der Waals surface area contributed by atoms with Gasteiger partial charge in [-0.25, -0.2) is 8.42 Å². The van der Waals surface area contributed by atoms with Crippen LogP contribution in [0.5, 0.6) is 0 Å². The maximum atomic E-state index is 10.9. The van der Waals surface area contributed by atoms with Gasteiger partial charge < -0.3 is 0 Å². The summed E-state index contributed by atoms with van der Waals surface area (Å²) in [6.07, 6.45) is 0. The molecule has 2 nitrogen and oxygen atoms in total. The molecule has 0 saturated heterocycles. The minimum absolute atomic E-state index is 0.160. The van der Waals surface area contributed by atoms with Crippen molar-refractivity contribution in [1.82, 2.24) is 0 Å². The van der Waals surface area contributed by atoms with Crippen LogP contribution in [0.1, 0.15) is 38.8 Å². The molecule has 4 heteroatoms. The molecule has 0 bridgehead atoms. The number of aryl methyl sites for hydroxylation is 2. The third-order valence-corrected chi connectivity index (χ3v) is 3.11. The lowest BCUT2D eigenvalue weighted by atomic mass is 10.1. The number of rotatable bonds is 1. The lowest BCUT2D eigenvalue weighted by Crippen LogP contribution is -1.92. The molecule has 94 valence electrons. The standard InChI is InChI=1S/C8H9ClO2S.2C2H6/c1-6-3-4-8(5-7(6)2)12(9,10)11;2*1-2/h3-5H,1-2H3;2*1-2H3. The van der Waals surface area contributed by atoms with Gasteiger partial charge in [0.1, 0.15) is 0 Å². The molecule has 1 aromatic carbocycles. The second-order valence-corrected chi connectivity index (χ2v) is 5.25. The predicted molar refractivity (Wildman–Crippen MR) is 71.7 cm³/mol. The van der Waals surface area contributed by atoms with Crippen LogP contribution in [0.15, 0.2) is 23.1 Å². The van der Waals surface area contributed by atoms with Gasteiger partial charge in [0.2, 0.25) is 0 Å². The summed E-state index contributed by atoms with van der Waals surface area (Å²) in [6.45, 7) is 11.8. The maximum absolute atomic E-state index is 10.9. The molecule has 0 saturated carbocycles. The summed E-state index contributed by atoms with van der Waals surface area (Å²) in [4.78, 5) is 0.160. The fourth-order valence-electron chi connectivity index (χ4n) is 0.866. The van der Waals surface area contributed by atoms with Gasteiger partial charge in [0.15, 0.2) is 0 Å². The van der Waals surface area contributed by atoms with E-state index in [-0.39, 0.29) is 4.90 Å². The summed E-state index contributed by atoms with van der Waals surface area (Å²) >= 11 is 0. The smallest absolute Gasteiger partial charge is 0.207 e. The minimum atomic E-state index is -3.57. The Hall–Kier alpha value is -0.540. The van der Waals surface area contributed by atoms with E-state index in [1.165, 1.54) is 6.07 Å². The highest BCUT2D eigenvalue weighted by molar-refractivity contribution is 8.13. The Morgan fingerprint density at radius 1 is 0.938 bits per heavy atom. The first-order valence-corrected chi connectivity index (χ1v) is 7.74. The molecule has 0 aliphatic carbocycles. The van der Waals surface area contributed by atoms with E-state index in [0.29, 0.717) is 0 Å². The number of hydrogen-bond donors (Lipinski definition) is 0. The lowest BCUT2D eigenvalue weighted by molar-refractivity contribution is 0.609. The monoisotopic (exact) mass is 264 g/mol. The molecule has 0 N–H and O–H groups in total. The maximum Gasteiger partial charge on any atom is 0.261 e. The molecule has 0 aliphatic rings. The molecule has 0 heterocycles. The van der Waals surface area contributed by atoms with Crippen LogP contribution in [-0.4, -0.2) is 8.42 Å². The largest absolute Gasteiger partial charge is 0.261 e. The summed E-state index contributed by atoms with van der Waals surface area (Å²) in [6, 6.07) is 4.81. The average molecular weight is 265 g/mol. The van der Waals surface area contributed by atoms with E-state index < -0.39 is 9.05 Å². The van der Waals surface area contributed by atoms with Crippen LogP contribution in [0, 0.1) is 13.8 Å². The highest BCUT2D eigenvalue weighted by Gasteiger charge is 2.09. The Morgan fingerprint density at radius 3 is 1.69 bits per heavy atom. The van der Waals surface area contributed by atoms with Gasteiger partial charge in [0.05, 0.1) is 4.90 Å². The molecule has 0 radical (unpaired) electrons. The zero-order valence-corrected chi connectivity index (χ0v) is 12.4. The van der Waals surface area contributed by atoms with Gasteiger partial charge in [0, 0.05) is 10.7 Å². The third kappa shape index (κ3) is 6.13. The van der Waals surface area contributed by atoms with Crippen LogP contribution in [0.3, 0.4) is 0 Å². The number of halogens is 1. The molecule has 1 aromatic rings. The summed E-state index contributed by atoms with van der Waals surface area (Å²) in [7, 11) is 1.59. The van der Waals surface area contributed by atoms with E-state index in [1.54, 1.807) is 12.1 Å². The van der Waals surface area contributed by atoms with Gasteiger partial charge in [-0.05, 0) is 37.1 Å². The Labute approximate surface area is 104 Å². The van der Waals surface area contributed by atoms with E-state index in [0.717, 1.165) is 11.1 Å². The molecular formula is C12H21ClO2S. The van der Waals surface area contributed by atoms with Crippen molar-refractivity contribution in [3.8, 4) is 0 Å². The fourth-order valence-corrected chi connectivity index (χ4v) is 1.70. The number of hydrogen-bond acceptors (Lipinski definition) is 2. The van der Waals surface area contributed by atoms with Crippen LogP contribution in [0.4, 0.5) is 0 Å². The summed E-state index contributed by atoms with van der Waals surface area (Å²) in [5.74, 6) is 0. The van der Waals surface area contributed by atoms with Gasteiger partial charge >= 0.3 is 0 Å². The molecule has 0 unspecified atom stereocenters. The predicted octanol–water partition coefficient (Wildman–Crippen LogP) is 4.28. The van der Waals surface area contributed by atoms with Crippen molar-refractivity contribution in [1.29, 1.82) is 0 Å². The summed E-state index contributed by atoms with van der Waals surface area (Å²) in [5, 5.41) is 0. The van der Waals surface area contributed by atoms with Crippen molar-refractivity contribution < 1.29 is 8.42 Å². The molecule has 1 rings (SSSR count). The van der Waals surface area contributed by atoms with Crippen molar-refractivity contribution in [2.75, 3.05) is 0 Å². The van der Waals surface area contributed by atoms with E-state index in [1.807, 2.05) is 41.5 Å². The quantitative estimate of drug-likeness (QED) is 0.710. The highest BCUT2D eigenvalue weighted by Crippen LogP contribution is 2.17. The van der Waals surface area contributed by atoms with Gasteiger partial charge in [-0.15, -0.1) is 0 Å². The average Bonchev–Trinajstić information content (AvgIpc) is 2.26. The first-order valence-electron chi connectivity index (χ1n) is 5.43. The van der Waals surface area contributed by atoms with Crippen LogP contribution < -0.4 is 0 Å². The normalized spacial score (nSPS) is 9.44. The van der Waals surface area contributed by atoms with E-state index >= 15 is 0 Å². The van der Waals surface area contributed by atoms with Crippen LogP contribution in [0.2, 0.25) is 0 Å². The molecule has 0 amide bonds. The van der Waals surface area contributed by atoms with Crippen LogP contribution in [-0.2, 0) is 9.05 Å². The van der Waals surface area contributed by atoms with E-state index in [2.05, 4.69) is 0 Å². The minimum Gasteiger partial charge on any atom is -0.207 e. The van der Waals surface area contributed by atoms with Gasteiger partial charge in [-0.1, -0.05) is 33.8 Å². The van der Waals surface area contributed by atoms with Crippen molar-refractivity contribution in [2.24, 2.45) is 0 Å². The molecule has 0 aromatic heterocycles. The molecule has 0 atom stereocenters. The zero-order valence-electron chi connectivity index (χ0n) is 10.8. The second kappa shape index (κ2) is 8.59. The first-order chi connectivity index (χ1) is 7.41. The van der Waals surface area contributed by atoms with Gasteiger partial charge in [-0.3, -0.25) is 0 Å². The van der Waals surface area contributed by atoms with Crippen LogP contribution in [0.25, 0.3) is 0 Å². The van der Waals surface area contributed by atoms with E-state index in [9.17, 15) is 8.42 Å². The topological polar surface area (TPSA) is 34.1 Å². The highest BCUT2D eigenvalue weighted by atomic mass is 35.7. The molecule has 0 fully saturated rings. The summed E-state index contributed by atoms with van der Waals surface area (Å²) < 4.78 is 21.7. The SMILES string of the molecule is CC.CC.Cc1ccc(S(=O)(=O)Cl)cc1C. The Bertz CT molecular complexity index is 397. The second-order valence-electron chi connectivity index (χ2n) is 2.68. The van der Waals surface area contributed by atoms with Gasteiger partial charge in [0.25, 0.3) is 9.05 Å². The molecule has 0 spiro atoms.